The van der Waals surface area contributed by atoms with E-state index in [2.05, 4.69) is 10.6 Å². The lowest BCUT2D eigenvalue weighted by atomic mass is 9.98. The van der Waals surface area contributed by atoms with Gasteiger partial charge in [0.05, 0.1) is 5.60 Å². The summed E-state index contributed by atoms with van der Waals surface area (Å²) in [5, 5.41) is 15.5. The first kappa shape index (κ1) is 17.4. The number of nitrogens with one attached hydrogen (secondary N) is 2. The average molecular weight is 296 g/mol. The molecule has 0 aromatic heterocycles. The third kappa shape index (κ3) is 6.58. The minimum absolute atomic E-state index is 0.239. The van der Waals surface area contributed by atoms with E-state index in [0.29, 0.717) is 25.8 Å². The van der Waals surface area contributed by atoms with Gasteiger partial charge in [0.25, 0.3) is 0 Å². The maximum absolute atomic E-state index is 13.0. The van der Waals surface area contributed by atoms with Crippen LogP contribution in [0.4, 0.5) is 9.18 Å². The van der Waals surface area contributed by atoms with Crippen molar-refractivity contribution in [3.05, 3.63) is 35.6 Å². The zero-order chi connectivity index (χ0) is 15.7. The van der Waals surface area contributed by atoms with Crippen molar-refractivity contribution in [1.82, 2.24) is 10.6 Å². The standard InChI is InChI=1S/C16H25FN2O2/c1-3-16(21,4-2)12-19-15(20)18-10-6-8-13-7-5-9-14(17)11-13/h5,7,9,11,21H,3-4,6,8,10,12H2,1-2H3,(H2,18,19,20). The van der Waals surface area contributed by atoms with Crippen molar-refractivity contribution in [3.63, 3.8) is 0 Å². The summed E-state index contributed by atoms with van der Waals surface area (Å²) >= 11 is 0. The fourth-order valence-corrected chi connectivity index (χ4v) is 1.99. The molecule has 0 fully saturated rings. The zero-order valence-corrected chi connectivity index (χ0v) is 12.8. The molecule has 1 aromatic carbocycles. The number of aryl methyl sites for hydroxylation is 1. The molecule has 21 heavy (non-hydrogen) atoms. The van der Waals surface area contributed by atoms with E-state index >= 15 is 0 Å². The lowest BCUT2D eigenvalue weighted by Gasteiger charge is -2.25. The minimum atomic E-state index is -0.834. The van der Waals surface area contributed by atoms with Crippen LogP contribution in [0, 0.1) is 5.82 Å². The Morgan fingerprint density at radius 1 is 1.29 bits per heavy atom. The Bertz CT molecular complexity index is 448. The van der Waals surface area contributed by atoms with Crippen LogP contribution in [-0.4, -0.2) is 29.8 Å². The molecule has 2 amide bonds. The van der Waals surface area contributed by atoms with E-state index in [1.807, 2.05) is 19.9 Å². The lowest BCUT2D eigenvalue weighted by Crippen LogP contribution is -2.46. The fraction of sp³-hybridized carbons (Fsp3) is 0.562. The molecule has 5 heteroatoms. The predicted molar refractivity (Wildman–Crippen MR) is 81.7 cm³/mol. The minimum Gasteiger partial charge on any atom is -0.388 e. The first-order valence-corrected chi connectivity index (χ1v) is 7.47. The van der Waals surface area contributed by atoms with Crippen LogP contribution in [0.25, 0.3) is 0 Å². The molecular weight excluding hydrogens is 271 g/mol. The van der Waals surface area contributed by atoms with E-state index in [9.17, 15) is 14.3 Å². The highest BCUT2D eigenvalue weighted by molar-refractivity contribution is 5.73. The lowest BCUT2D eigenvalue weighted by molar-refractivity contribution is 0.0349. The van der Waals surface area contributed by atoms with Gasteiger partial charge in [0.15, 0.2) is 0 Å². The van der Waals surface area contributed by atoms with E-state index in [4.69, 9.17) is 0 Å². The predicted octanol–water partition coefficient (Wildman–Crippen LogP) is 2.61. The van der Waals surface area contributed by atoms with Crippen molar-refractivity contribution >= 4 is 6.03 Å². The van der Waals surface area contributed by atoms with E-state index in [-0.39, 0.29) is 18.4 Å². The van der Waals surface area contributed by atoms with Gasteiger partial charge < -0.3 is 15.7 Å². The SMILES string of the molecule is CCC(O)(CC)CNC(=O)NCCCc1cccc(F)c1. The smallest absolute Gasteiger partial charge is 0.314 e. The normalized spacial score (nSPS) is 11.2. The molecule has 0 saturated carbocycles. The number of hydrogen-bond acceptors (Lipinski definition) is 2. The summed E-state index contributed by atoms with van der Waals surface area (Å²) in [4.78, 5) is 11.6. The second-order valence-corrected chi connectivity index (χ2v) is 5.27. The molecule has 4 nitrogen and oxygen atoms in total. The van der Waals surface area contributed by atoms with Gasteiger partial charge in [-0.15, -0.1) is 0 Å². The van der Waals surface area contributed by atoms with Gasteiger partial charge in [0.1, 0.15) is 5.82 Å². The average Bonchev–Trinajstić information content (AvgIpc) is 2.49. The summed E-state index contributed by atoms with van der Waals surface area (Å²) in [6.45, 7) is 4.54. The summed E-state index contributed by atoms with van der Waals surface area (Å²) in [6, 6.07) is 6.18. The second kappa shape index (κ2) is 8.62. The summed E-state index contributed by atoms with van der Waals surface area (Å²) in [6.07, 6.45) is 2.65. The van der Waals surface area contributed by atoms with Crippen LogP contribution >= 0.6 is 0 Å². The van der Waals surface area contributed by atoms with Crippen molar-refractivity contribution in [1.29, 1.82) is 0 Å². The highest BCUT2D eigenvalue weighted by atomic mass is 19.1. The Balaban J connectivity index is 2.19. The molecule has 0 bridgehead atoms. The van der Waals surface area contributed by atoms with Crippen LogP contribution in [0.5, 0.6) is 0 Å². The number of aliphatic hydroxyl groups is 1. The molecule has 0 atom stereocenters. The van der Waals surface area contributed by atoms with Gasteiger partial charge in [-0.2, -0.15) is 0 Å². The van der Waals surface area contributed by atoms with Crippen LogP contribution in [0.2, 0.25) is 0 Å². The third-order valence-corrected chi connectivity index (χ3v) is 3.71. The Kier molecular flexibility index (Phi) is 7.15. The van der Waals surface area contributed by atoms with Gasteiger partial charge in [-0.25, -0.2) is 9.18 Å². The number of carbonyl (C=O) groups excluding carboxylic acids is 1. The second-order valence-electron chi connectivity index (χ2n) is 5.27. The molecule has 0 aliphatic carbocycles. The molecule has 1 aromatic rings. The highest BCUT2D eigenvalue weighted by Gasteiger charge is 2.22. The van der Waals surface area contributed by atoms with E-state index in [0.717, 1.165) is 12.0 Å². The van der Waals surface area contributed by atoms with E-state index < -0.39 is 5.60 Å². The molecule has 1 rings (SSSR count). The summed E-state index contributed by atoms with van der Waals surface area (Å²) in [5.74, 6) is -0.239. The number of benzene rings is 1. The number of urea groups is 1. The Labute approximate surface area is 125 Å². The molecule has 0 spiro atoms. The zero-order valence-electron chi connectivity index (χ0n) is 12.8. The van der Waals surface area contributed by atoms with Gasteiger partial charge in [-0.05, 0) is 43.4 Å². The monoisotopic (exact) mass is 296 g/mol. The Morgan fingerprint density at radius 3 is 2.62 bits per heavy atom. The maximum Gasteiger partial charge on any atom is 0.314 e. The number of rotatable bonds is 8. The van der Waals surface area contributed by atoms with Gasteiger partial charge in [0.2, 0.25) is 0 Å². The van der Waals surface area contributed by atoms with Crippen LogP contribution < -0.4 is 10.6 Å². The molecular formula is C16H25FN2O2. The van der Waals surface area contributed by atoms with Crippen molar-refractivity contribution in [2.45, 2.75) is 45.1 Å². The van der Waals surface area contributed by atoms with Crippen LogP contribution in [0.3, 0.4) is 0 Å². The van der Waals surface area contributed by atoms with Crippen molar-refractivity contribution < 1.29 is 14.3 Å². The molecule has 0 radical (unpaired) electrons. The quantitative estimate of drug-likeness (QED) is 0.646. The molecule has 0 aliphatic heterocycles. The summed E-state index contributed by atoms with van der Waals surface area (Å²) in [5.41, 5.74) is 0.0855. The van der Waals surface area contributed by atoms with Crippen molar-refractivity contribution in [2.24, 2.45) is 0 Å². The molecule has 0 saturated heterocycles. The van der Waals surface area contributed by atoms with Crippen molar-refractivity contribution in [3.8, 4) is 0 Å². The molecule has 118 valence electrons. The fourth-order valence-electron chi connectivity index (χ4n) is 1.99. The van der Waals surface area contributed by atoms with Gasteiger partial charge in [-0.3, -0.25) is 0 Å². The summed E-state index contributed by atoms with van der Waals surface area (Å²) in [7, 11) is 0. The third-order valence-electron chi connectivity index (χ3n) is 3.71. The topological polar surface area (TPSA) is 61.4 Å². The largest absolute Gasteiger partial charge is 0.388 e. The number of hydrogen-bond donors (Lipinski definition) is 3. The summed E-state index contributed by atoms with van der Waals surface area (Å²) < 4.78 is 13.0. The van der Waals surface area contributed by atoms with Crippen LogP contribution in [0.15, 0.2) is 24.3 Å². The van der Waals surface area contributed by atoms with Crippen molar-refractivity contribution in [2.75, 3.05) is 13.1 Å². The maximum atomic E-state index is 13.0. The van der Waals surface area contributed by atoms with E-state index in [1.54, 1.807) is 6.07 Å². The van der Waals surface area contributed by atoms with Crippen LogP contribution in [-0.2, 0) is 6.42 Å². The number of halogens is 1. The number of amides is 2. The van der Waals surface area contributed by atoms with Gasteiger partial charge >= 0.3 is 6.03 Å². The Morgan fingerprint density at radius 2 is 2.00 bits per heavy atom. The first-order chi connectivity index (χ1) is 9.99. The van der Waals surface area contributed by atoms with E-state index in [1.165, 1.54) is 12.1 Å². The van der Waals surface area contributed by atoms with Gasteiger partial charge in [-0.1, -0.05) is 26.0 Å². The van der Waals surface area contributed by atoms with Gasteiger partial charge in [0, 0.05) is 13.1 Å². The number of carbonyl (C=O) groups is 1. The van der Waals surface area contributed by atoms with Crippen LogP contribution in [0.1, 0.15) is 38.7 Å². The molecule has 0 aliphatic rings. The highest BCUT2D eigenvalue weighted by Crippen LogP contribution is 2.12. The molecule has 0 heterocycles. The Hall–Kier alpha value is -1.62. The molecule has 3 N–H and O–H groups in total. The molecule has 0 unspecified atom stereocenters. The first-order valence-electron chi connectivity index (χ1n) is 7.47.